The molecule has 0 aromatic heterocycles. The third-order valence-corrected chi connectivity index (χ3v) is 4.70. The van der Waals surface area contributed by atoms with Gasteiger partial charge < -0.3 is 21.5 Å². The van der Waals surface area contributed by atoms with E-state index in [4.69, 9.17) is 10.8 Å². The normalized spacial score (nSPS) is 14.8. The van der Waals surface area contributed by atoms with E-state index in [1.54, 1.807) is 0 Å². The molecular weight excluding hydrogens is 337 g/mol. The van der Waals surface area contributed by atoms with Crippen LogP contribution in [0.2, 0.25) is 0 Å². The Labute approximate surface area is 153 Å². The third-order valence-electron chi connectivity index (χ3n) is 4.70. The summed E-state index contributed by atoms with van der Waals surface area (Å²) in [6, 6.07) is 2.93. The molecule has 0 radical (unpaired) electrons. The number of benzene rings is 1. The molecule has 1 fully saturated rings. The number of aliphatic carboxylic acids is 1. The molecule has 7 heteroatoms. The molecule has 1 aliphatic carbocycles. The van der Waals surface area contributed by atoms with E-state index in [2.05, 4.69) is 10.6 Å². The van der Waals surface area contributed by atoms with Crippen LogP contribution in [0.4, 0.5) is 15.8 Å². The van der Waals surface area contributed by atoms with Crippen LogP contribution in [0, 0.1) is 5.82 Å². The van der Waals surface area contributed by atoms with Gasteiger partial charge in [0, 0.05) is 24.7 Å². The molecule has 6 nitrogen and oxygen atoms in total. The summed E-state index contributed by atoms with van der Waals surface area (Å²) in [5.74, 6) is -1.71. The summed E-state index contributed by atoms with van der Waals surface area (Å²) in [4.78, 5) is 22.6. The minimum atomic E-state index is -0.820. The Hall–Kier alpha value is -2.31. The van der Waals surface area contributed by atoms with Gasteiger partial charge in [0.2, 0.25) is 0 Å². The molecule has 0 bridgehead atoms. The second-order valence-electron chi connectivity index (χ2n) is 6.86. The predicted molar refractivity (Wildman–Crippen MR) is 99.7 cm³/mol. The van der Waals surface area contributed by atoms with Gasteiger partial charge >= 0.3 is 5.97 Å². The van der Waals surface area contributed by atoms with Crippen LogP contribution in [-0.4, -0.2) is 29.6 Å². The Morgan fingerprint density at radius 1 is 1.15 bits per heavy atom. The van der Waals surface area contributed by atoms with Gasteiger partial charge in [-0.05, 0) is 37.8 Å². The highest BCUT2D eigenvalue weighted by molar-refractivity contribution is 5.99. The predicted octanol–water partition coefficient (Wildman–Crippen LogP) is 3.53. The van der Waals surface area contributed by atoms with Gasteiger partial charge in [-0.25, -0.2) is 4.39 Å². The minimum Gasteiger partial charge on any atom is -0.481 e. The lowest BCUT2D eigenvalue weighted by Crippen LogP contribution is -2.26. The van der Waals surface area contributed by atoms with Crippen LogP contribution < -0.4 is 16.4 Å². The number of carbonyl (C=O) groups is 2. The van der Waals surface area contributed by atoms with E-state index < -0.39 is 17.7 Å². The number of rotatable bonds is 9. The first-order valence-electron chi connectivity index (χ1n) is 9.33. The number of nitrogens with one attached hydrogen (secondary N) is 2. The molecular formula is C19H28FN3O3. The smallest absolute Gasteiger partial charge is 0.303 e. The summed E-state index contributed by atoms with van der Waals surface area (Å²) >= 11 is 0. The Kier molecular flexibility index (Phi) is 7.69. The summed E-state index contributed by atoms with van der Waals surface area (Å²) in [5, 5.41) is 14.5. The quantitative estimate of drug-likeness (QED) is 0.396. The SMILES string of the molecule is Nc1cc(NC2CCCCC2)c(F)cc1C(=O)NCCCCCC(=O)O. The highest BCUT2D eigenvalue weighted by Crippen LogP contribution is 2.26. The van der Waals surface area contributed by atoms with Crippen LogP contribution in [0.25, 0.3) is 0 Å². The molecule has 1 aliphatic rings. The number of carboxylic acid groups (broad SMARTS) is 1. The number of carbonyl (C=O) groups excluding carboxylic acids is 1. The molecule has 0 atom stereocenters. The zero-order chi connectivity index (χ0) is 18.9. The van der Waals surface area contributed by atoms with E-state index in [0.29, 0.717) is 31.5 Å². The fraction of sp³-hybridized carbons (Fsp3) is 0.579. The van der Waals surface area contributed by atoms with Crippen molar-refractivity contribution in [1.29, 1.82) is 0 Å². The van der Waals surface area contributed by atoms with Crippen LogP contribution in [0.1, 0.15) is 68.1 Å². The topological polar surface area (TPSA) is 104 Å². The Bertz CT molecular complexity index is 631. The third kappa shape index (κ3) is 6.20. The van der Waals surface area contributed by atoms with E-state index in [-0.39, 0.29) is 23.7 Å². The highest BCUT2D eigenvalue weighted by atomic mass is 19.1. The van der Waals surface area contributed by atoms with Crippen molar-refractivity contribution in [3.05, 3.63) is 23.5 Å². The first-order chi connectivity index (χ1) is 12.5. The van der Waals surface area contributed by atoms with Gasteiger partial charge in [0.25, 0.3) is 5.91 Å². The molecule has 0 aliphatic heterocycles. The van der Waals surface area contributed by atoms with E-state index in [0.717, 1.165) is 25.7 Å². The highest BCUT2D eigenvalue weighted by Gasteiger charge is 2.18. The van der Waals surface area contributed by atoms with Crippen molar-refractivity contribution in [2.45, 2.75) is 63.8 Å². The number of unbranched alkanes of at least 4 members (excludes halogenated alkanes) is 2. The average molecular weight is 365 g/mol. The second-order valence-corrected chi connectivity index (χ2v) is 6.86. The molecule has 1 amide bonds. The van der Waals surface area contributed by atoms with Crippen molar-refractivity contribution in [3.8, 4) is 0 Å². The summed E-state index contributed by atoms with van der Waals surface area (Å²) < 4.78 is 14.4. The Balaban J connectivity index is 1.85. The van der Waals surface area contributed by atoms with Crippen LogP contribution in [0.3, 0.4) is 0 Å². The van der Waals surface area contributed by atoms with Gasteiger partial charge in [-0.3, -0.25) is 9.59 Å². The van der Waals surface area contributed by atoms with Crippen LogP contribution in [0.15, 0.2) is 12.1 Å². The van der Waals surface area contributed by atoms with Gasteiger partial charge in [-0.15, -0.1) is 0 Å². The first-order valence-corrected chi connectivity index (χ1v) is 9.33. The summed E-state index contributed by atoms with van der Waals surface area (Å²) in [7, 11) is 0. The number of nitrogen functional groups attached to an aromatic ring is 1. The lowest BCUT2D eigenvalue weighted by atomic mass is 9.95. The van der Waals surface area contributed by atoms with Crippen LogP contribution in [0.5, 0.6) is 0 Å². The van der Waals surface area contributed by atoms with E-state index >= 15 is 0 Å². The van der Waals surface area contributed by atoms with E-state index in [9.17, 15) is 14.0 Å². The molecule has 1 aromatic carbocycles. The van der Waals surface area contributed by atoms with Gasteiger partial charge in [0.05, 0.1) is 11.3 Å². The molecule has 0 heterocycles. The fourth-order valence-electron chi connectivity index (χ4n) is 3.24. The number of hydrogen-bond donors (Lipinski definition) is 4. The van der Waals surface area contributed by atoms with Gasteiger partial charge in [-0.2, -0.15) is 0 Å². The zero-order valence-corrected chi connectivity index (χ0v) is 15.0. The fourth-order valence-corrected chi connectivity index (χ4v) is 3.24. The Morgan fingerprint density at radius 3 is 2.58 bits per heavy atom. The Morgan fingerprint density at radius 2 is 1.88 bits per heavy atom. The van der Waals surface area contributed by atoms with E-state index in [1.807, 2.05) is 0 Å². The van der Waals surface area contributed by atoms with Crippen molar-refractivity contribution in [3.63, 3.8) is 0 Å². The first kappa shape index (κ1) is 20.0. The van der Waals surface area contributed by atoms with Crippen molar-refractivity contribution in [2.24, 2.45) is 0 Å². The van der Waals surface area contributed by atoms with Crippen LogP contribution >= 0.6 is 0 Å². The maximum atomic E-state index is 14.4. The van der Waals surface area contributed by atoms with Gasteiger partial charge in [0.1, 0.15) is 5.82 Å². The van der Waals surface area contributed by atoms with E-state index in [1.165, 1.54) is 18.6 Å². The van der Waals surface area contributed by atoms with Crippen molar-refractivity contribution in [2.75, 3.05) is 17.6 Å². The molecule has 2 rings (SSSR count). The minimum absolute atomic E-state index is 0.127. The maximum Gasteiger partial charge on any atom is 0.303 e. The number of carboxylic acids is 1. The summed E-state index contributed by atoms with van der Waals surface area (Å²) in [6.45, 7) is 0.404. The average Bonchev–Trinajstić information content (AvgIpc) is 2.61. The lowest BCUT2D eigenvalue weighted by molar-refractivity contribution is -0.137. The molecule has 26 heavy (non-hydrogen) atoms. The zero-order valence-electron chi connectivity index (χ0n) is 15.0. The number of hydrogen-bond acceptors (Lipinski definition) is 4. The van der Waals surface area contributed by atoms with Crippen molar-refractivity contribution >= 4 is 23.3 Å². The monoisotopic (exact) mass is 365 g/mol. The van der Waals surface area contributed by atoms with Gasteiger partial charge in [-0.1, -0.05) is 25.7 Å². The molecule has 0 spiro atoms. The van der Waals surface area contributed by atoms with Crippen LogP contribution in [-0.2, 0) is 4.79 Å². The molecule has 1 saturated carbocycles. The second kappa shape index (κ2) is 9.99. The van der Waals surface area contributed by atoms with Crippen molar-refractivity contribution in [1.82, 2.24) is 5.32 Å². The number of nitrogens with two attached hydrogens (primary N) is 1. The maximum absolute atomic E-state index is 14.4. The molecule has 5 N–H and O–H groups in total. The summed E-state index contributed by atoms with van der Waals surface area (Å²) in [5.41, 5.74) is 6.67. The molecule has 0 unspecified atom stereocenters. The van der Waals surface area contributed by atoms with Gasteiger partial charge in [0.15, 0.2) is 0 Å². The summed E-state index contributed by atoms with van der Waals surface area (Å²) in [6.07, 6.45) is 7.61. The lowest BCUT2D eigenvalue weighted by Gasteiger charge is -2.24. The van der Waals surface area contributed by atoms with Crippen molar-refractivity contribution < 1.29 is 19.1 Å². The largest absolute Gasteiger partial charge is 0.481 e. The number of amides is 1. The molecule has 0 saturated heterocycles. The standard InChI is InChI=1S/C19H28FN3O3/c20-15-11-14(19(26)22-10-6-2-5-9-18(24)25)16(21)12-17(15)23-13-7-3-1-4-8-13/h11-13,23H,1-10,21H2,(H,22,26)(H,24,25). The number of anilines is 2. The number of halogens is 1. The molecule has 144 valence electrons. The molecule has 1 aromatic rings.